The van der Waals surface area contributed by atoms with Gasteiger partial charge in [0, 0.05) is 37.3 Å². The molecule has 3 heterocycles. The molecule has 2 saturated heterocycles. The van der Waals surface area contributed by atoms with Crippen molar-refractivity contribution in [3.63, 3.8) is 0 Å². The van der Waals surface area contributed by atoms with E-state index in [1.807, 2.05) is 17.9 Å². The molecule has 0 aliphatic carbocycles. The average Bonchev–Trinajstić information content (AvgIpc) is 2.74. The Kier molecular flexibility index (Phi) is 5.64. The molecule has 0 unspecified atom stereocenters. The van der Waals surface area contributed by atoms with Gasteiger partial charge in [-0.2, -0.15) is 0 Å². The fraction of sp³-hybridized carbons (Fsp3) is 0.476. The smallest absolute Gasteiger partial charge is 0.242 e. The largest absolute Gasteiger partial charge is 0.375 e. The van der Waals surface area contributed by atoms with Gasteiger partial charge < -0.3 is 15.0 Å². The zero-order chi connectivity index (χ0) is 19.5. The fourth-order valence-electron chi connectivity index (χ4n) is 3.92. The number of rotatable bonds is 3. The summed E-state index contributed by atoms with van der Waals surface area (Å²) in [5.74, 6) is 0.868. The van der Waals surface area contributed by atoms with Crippen LogP contribution in [0.15, 0.2) is 36.5 Å². The summed E-state index contributed by atoms with van der Waals surface area (Å²) in [5.41, 5.74) is 1.66. The predicted octanol–water partition coefficient (Wildman–Crippen LogP) is 2.37. The van der Waals surface area contributed by atoms with Crippen LogP contribution in [0.4, 0.5) is 4.39 Å². The normalized spacial score (nSPS) is 23.6. The van der Waals surface area contributed by atoms with Crippen LogP contribution < -0.4 is 5.32 Å². The van der Waals surface area contributed by atoms with E-state index in [1.165, 1.54) is 12.1 Å². The second-order valence-corrected chi connectivity index (χ2v) is 7.41. The molecule has 2 aliphatic heterocycles. The number of hydrogen-bond acceptors (Lipinski definition) is 5. The summed E-state index contributed by atoms with van der Waals surface area (Å²) < 4.78 is 18.8. The predicted molar refractivity (Wildman–Crippen MR) is 103 cm³/mol. The molecule has 6 nitrogen and oxygen atoms in total. The van der Waals surface area contributed by atoms with Crippen LogP contribution in [0.5, 0.6) is 0 Å². The van der Waals surface area contributed by atoms with Crippen molar-refractivity contribution in [2.45, 2.75) is 37.8 Å². The summed E-state index contributed by atoms with van der Waals surface area (Å²) in [6.07, 6.45) is 3.32. The molecule has 148 valence electrons. The molecule has 1 aromatic carbocycles. The molecule has 2 aliphatic rings. The highest BCUT2D eigenvalue weighted by molar-refractivity contribution is 5.82. The van der Waals surface area contributed by atoms with Crippen LogP contribution in [0.1, 0.15) is 31.5 Å². The van der Waals surface area contributed by atoms with Gasteiger partial charge in [-0.1, -0.05) is 0 Å². The van der Waals surface area contributed by atoms with Crippen molar-refractivity contribution in [2.75, 3.05) is 26.2 Å². The van der Waals surface area contributed by atoms with Crippen molar-refractivity contribution in [3.05, 3.63) is 48.2 Å². The van der Waals surface area contributed by atoms with Gasteiger partial charge >= 0.3 is 0 Å². The van der Waals surface area contributed by atoms with E-state index in [2.05, 4.69) is 10.3 Å². The number of halogens is 1. The van der Waals surface area contributed by atoms with Crippen LogP contribution in [0.3, 0.4) is 0 Å². The molecule has 7 heteroatoms. The molecule has 0 saturated carbocycles. The van der Waals surface area contributed by atoms with Crippen LogP contribution in [-0.2, 0) is 9.53 Å². The first-order valence-corrected chi connectivity index (χ1v) is 9.84. The number of hydrogen-bond donors (Lipinski definition) is 1. The number of carbonyl (C=O) groups excluding carboxylic acids is 1. The number of amides is 1. The molecular weight excluding hydrogens is 359 g/mol. The van der Waals surface area contributed by atoms with Crippen molar-refractivity contribution in [1.29, 1.82) is 0 Å². The summed E-state index contributed by atoms with van der Waals surface area (Å²) in [6.45, 7) is 4.68. The summed E-state index contributed by atoms with van der Waals surface area (Å²) in [5, 5.41) is 3.27. The van der Waals surface area contributed by atoms with Crippen LogP contribution >= 0.6 is 0 Å². The van der Waals surface area contributed by atoms with Crippen LogP contribution in [-0.4, -0.2) is 59.2 Å². The second-order valence-electron chi connectivity index (χ2n) is 7.41. The fourth-order valence-corrected chi connectivity index (χ4v) is 3.92. The maximum absolute atomic E-state index is 13.2. The lowest BCUT2D eigenvalue weighted by Crippen LogP contribution is -2.57. The van der Waals surface area contributed by atoms with Crippen molar-refractivity contribution < 1.29 is 13.9 Å². The first-order valence-electron chi connectivity index (χ1n) is 9.84. The van der Waals surface area contributed by atoms with E-state index in [9.17, 15) is 9.18 Å². The summed E-state index contributed by atoms with van der Waals surface area (Å²) in [7, 11) is 0. The number of likely N-dealkylation sites (tertiary alicyclic amines) is 1. The molecule has 1 amide bonds. The molecule has 1 aromatic heterocycles. The number of aromatic nitrogens is 2. The third-order valence-electron chi connectivity index (χ3n) is 5.57. The van der Waals surface area contributed by atoms with Gasteiger partial charge in [-0.3, -0.25) is 4.79 Å². The van der Waals surface area contributed by atoms with E-state index in [0.717, 1.165) is 29.9 Å². The zero-order valence-electron chi connectivity index (χ0n) is 16.0. The molecule has 0 spiro atoms. The quantitative estimate of drug-likeness (QED) is 0.880. The highest BCUT2D eigenvalue weighted by Crippen LogP contribution is 2.28. The number of morpholine rings is 1. The molecule has 0 radical (unpaired) electrons. The highest BCUT2D eigenvalue weighted by Gasteiger charge is 2.34. The number of carbonyl (C=O) groups is 1. The van der Waals surface area contributed by atoms with Crippen molar-refractivity contribution in [2.24, 2.45) is 0 Å². The summed E-state index contributed by atoms with van der Waals surface area (Å²) in [4.78, 5) is 23.9. The van der Waals surface area contributed by atoms with Crippen LogP contribution in [0.25, 0.3) is 11.3 Å². The number of nitrogens with one attached hydrogen (secondary N) is 1. The molecule has 1 N–H and O–H groups in total. The Morgan fingerprint density at radius 3 is 2.68 bits per heavy atom. The zero-order valence-corrected chi connectivity index (χ0v) is 16.0. The first-order chi connectivity index (χ1) is 13.6. The minimum Gasteiger partial charge on any atom is -0.375 e. The monoisotopic (exact) mass is 384 g/mol. The van der Waals surface area contributed by atoms with Gasteiger partial charge in [0.2, 0.25) is 5.91 Å². The SMILES string of the molecule is C[C@H]1OCCN[C@@H]1C(=O)N1CCC(c2nccc(-c3ccc(F)cc3)n2)CC1. The van der Waals surface area contributed by atoms with Crippen LogP contribution in [0.2, 0.25) is 0 Å². The van der Waals surface area contributed by atoms with Gasteiger partial charge in [0.1, 0.15) is 17.7 Å². The minimum absolute atomic E-state index is 0.102. The van der Waals surface area contributed by atoms with Crippen molar-refractivity contribution in [3.8, 4) is 11.3 Å². The average molecular weight is 384 g/mol. The van der Waals surface area contributed by atoms with E-state index < -0.39 is 0 Å². The lowest BCUT2D eigenvalue weighted by atomic mass is 9.94. The number of nitrogens with zero attached hydrogens (tertiary/aromatic N) is 3. The lowest BCUT2D eigenvalue weighted by molar-refractivity contribution is -0.140. The van der Waals surface area contributed by atoms with Crippen LogP contribution in [0, 0.1) is 5.82 Å². The maximum atomic E-state index is 13.2. The third kappa shape index (κ3) is 4.05. The molecule has 2 fully saturated rings. The Morgan fingerprint density at radius 1 is 1.21 bits per heavy atom. The highest BCUT2D eigenvalue weighted by atomic mass is 19.1. The Bertz CT molecular complexity index is 821. The van der Waals surface area contributed by atoms with E-state index >= 15 is 0 Å². The maximum Gasteiger partial charge on any atom is 0.242 e. The van der Waals surface area contributed by atoms with Crippen molar-refractivity contribution in [1.82, 2.24) is 20.2 Å². The standard InChI is InChI=1S/C21H25FN4O2/c1-14-19(23-10-13-28-14)21(27)26-11-7-16(8-12-26)20-24-9-6-18(25-20)15-2-4-17(22)5-3-15/h2-6,9,14,16,19,23H,7-8,10-13H2,1H3/t14-,19+/m1/s1. The summed E-state index contributed by atoms with van der Waals surface area (Å²) >= 11 is 0. The van der Waals surface area contributed by atoms with E-state index in [-0.39, 0.29) is 29.8 Å². The Morgan fingerprint density at radius 2 is 1.96 bits per heavy atom. The van der Waals surface area contributed by atoms with Gasteiger partial charge in [0.05, 0.1) is 18.4 Å². The number of benzene rings is 1. The molecule has 2 aromatic rings. The molecule has 28 heavy (non-hydrogen) atoms. The molecule has 4 rings (SSSR count). The van der Waals surface area contributed by atoms with E-state index in [4.69, 9.17) is 9.72 Å². The van der Waals surface area contributed by atoms with Gasteiger partial charge in [-0.25, -0.2) is 14.4 Å². The van der Waals surface area contributed by atoms with Gasteiger partial charge in [-0.05, 0) is 50.1 Å². The van der Waals surface area contributed by atoms with Gasteiger partial charge in [0.25, 0.3) is 0 Å². The van der Waals surface area contributed by atoms with Crippen molar-refractivity contribution >= 4 is 5.91 Å². The molecule has 2 atom stereocenters. The third-order valence-corrected chi connectivity index (χ3v) is 5.57. The Hall–Kier alpha value is -2.38. The van der Waals surface area contributed by atoms with Gasteiger partial charge in [-0.15, -0.1) is 0 Å². The van der Waals surface area contributed by atoms with E-state index in [1.54, 1.807) is 18.3 Å². The lowest BCUT2D eigenvalue weighted by Gasteiger charge is -2.37. The number of ether oxygens (including phenoxy) is 1. The first kappa shape index (κ1) is 19.0. The Balaban J connectivity index is 1.40. The topological polar surface area (TPSA) is 67.3 Å². The van der Waals surface area contributed by atoms with Gasteiger partial charge in [0.15, 0.2) is 0 Å². The molecule has 0 bridgehead atoms. The van der Waals surface area contributed by atoms with E-state index in [0.29, 0.717) is 26.2 Å². The Labute approximate surface area is 164 Å². The minimum atomic E-state index is -0.262. The summed E-state index contributed by atoms with van der Waals surface area (Å²) in [6, 6.07) is 7.90. The molecular formula is C21H25FN4O2. The second kappa shape index (κ2) is 8.32. The number of piperidine rings is 1.